The summed E-state index contributed by atoms with van der Waals surface area (Å²) >= 11 is 0. The molecule has 3 atom stereocenters. The summed E-state index contributed by atoms with van der Waals surface area (Å²) in [7, 11) is 1.76. The Morgan fingerprint density at radius 1 is 1.29 bits per heavy atom. The van der Waals surface area contributed by atoms with Gasteiger partial charge >= 0.3 is 0 Å². The second-order valence-electron chi connectivity index (χ2n) is 6.49. The van der Waals surface area contributed by atoms with Gasteiger partial charge in [0, 0.05) is 7.11 Å². The SMILES string of the molecule is CCCNC(COC1CCCC(OC)C1)(C(N)=O)C1CC1. The van der Waals surface area contributed by atoms with Gasteiger partial charge in [-0.25, -0.2) is 0 Å². The summed E-state index contributed by atoms with van der Waals surface area (Å²) in [4.78, 5) is 12.1. The molecule has 21 heavy (non-hydrogen) atoms. The zero-order valence-corrected chi connectivity index (χ0v) is 13.4. The second kappa shape index (κ2) is 7.56. The Bertz CT molecular complexity index is 346. The van der Waals surface area contributed by atoms with Crippen molar-refractivity contribution < 1.29 is 14.3 Å². The van der Waals surface area contributed by atoms with Gasteiger partial charge in [0.2, 0.25) is 5.91 Å². The number of rotatable bonds is 9. The van der Waals surface area contributed by atoms with Crippen LogP contribution in [0.25, 0.3) is 0 Å². The van der Waals surface area contributed by atoms with Gasteiger partial charge in [-0.3, -0.25) is 4.79 Å². The number of ether oxygens (including phenoxy) is 2. The zero-order valence-electron chi connectivity index (χ0n) is 13.4. The van der Waals surface area contributed by atoms with Crippen molar-refractivity contribution in [2.75, 3.05) is 20.3 Å². The van der Waals surface area contributed by atoms with Crippen LogP contribution in [-0.4, -0.2) is 43.9 Å². The first-order valence-corrected chi connectivity index (χ1v) is 8.31. The van der Waals surface area contributed by atoms with E-state index in [1.165, 1.54) is 0 Å². The Hall–Kier alpha value is -0.650. The Labute approximate surface area is 127 Å². The van der Waals surface area contributed by atoms with Crippen LogP contribution in [0.15, 0.2) is 0 Å². The lowest BCUT2D eigenvalue weighted by atomic mass is 9.91. The molecule has 3 N–H and O–H groups in total. The van der Waals surface area contributed by atoms with Crippen LogP contribution >= 0.6 is 0 Å². The topological polar surface area (TPSA) is 73.6 Å². The largest absolute Gasteiger partial charge is 0.381 e. The summed E-state index contributed by atoms with van der Waals surface area (Å²) in [5.74, 6) is 0.0703. The van der Waals surface area contributed by atoms with Crippen LogP contribution in [0.5, 0.6) is 0 Å². The van der Waals surface area contributed by atoms with Crippen LogP contribution in [0.1, 0.15) is 51.9 Å². The molecule has 0 aliphatic heterocycles. The summed E-state index contributed by atoms with van der Waals surface area (Å²) in [6.07, 6.45) is 7.78. The minimum absolute atomic E-state index is 0.185. The average Bonchev–Trinajstić information content (AvgIpc) is 3.32. The molecule has 2 rings (SSSR count). The fourth-order valence-electron chi connectivity index (χ4n) is 3.31. The first-order valence-electron chi connectivity index (χ1n) is 8.31. The Morgan fingerprint density at radius 3 is 2.57 bits per heavy atom. The van der Waals surface area contributed by atoms with Gasteiger partial charge in [-0.05, 0) is 57.4 Å². The Morgan fingerprint density at radius 2 is 2.00 bits per heavy atom. The maximum absolute atomic E-state index is 12.1. The smallest absolute Gasteiger partial charge is 0.240 e. The summed E-state index contributed by atoms with van der Waals surface area (Å²) < 4.78 is 11.5. The zero-order chi connectivity index (χ0) is 15.3. The Kier molecular flexibility index (Phi) is 6.02. The third kappa shape index (κ3) is 4.18. The molecular formula is C16H30N2O3. The quantitative estimate of drug-likeness (QED) is 0.678. The molecule has 0 spiro atoms. The van der Waals surface area contributed by atoms with Gasteiger partial charge < -0.3 is 20.5 Å². The summed E-state index contributed by atoms with van der Waals surface area (Å²) in [6.45, 7) is 3.29. The van der Waals surface area contributed by atoms with E-state index < -0.39 is 5.54 Å². The predicted octanol–water partition coefficient (Wildman–Crippen LogP) is 1.59. The molecule has 0 aromatic carbocycles. The lowest BCUT2D eigenvalue weighted by Gasteiger charge is -2.35. The van der Waals surface area contributed by atoms with E-state index >= 15 is 0 Å². The molecule has 1 amide bonds. The molecule has 2 aliphatic rings. The van der Waals surface area contributed by atoms with Crippen molar-refractivity contribution in [2.45, 2.75) is 69.6 Å². The standard InChI is InChI=1S/C16H30N2O3/c1-3-9-18-16(15(17)19,12-7-8-12)11-21-14-6-4-5-13(10-14)20-2/h12-14,18H,3-11H2,1-2H3,(H2,17,19). The van der Waals surface area contributed by atoms with Gasteiger partial charge in [0.05, 0.1) is 18.8 Å². The monoisotopic (exact) mass is 298 g/mol. The molecule has 5 nitrogen and oxygen atoms in total. The van der Waals surface area contributed by atoms with Gasteiger partial charge in [-0.15, -0.1) is 0 Å². The van der Waals surface area contributed by atoms with Crippen LogP contribution in [0.3, 0.4) is 0 Å². The van der Waals surface area contributed by atoms with Crippen molar-refractivity contribution >= 4 is 5.91 Å². The number of nitrogens with one attached hydrogen (secondary N) is 1. The minimum Gasteiger partial charge on any atom is -0.381 e. The molecule has 2 aliphatic carbocycles. The van der Waals surface area contributed by atoms with E-state index in [0.717, 1.165) is 51.5 Å². The highest BCUT2D eigenvalue weighted by atomic mass is 16.5. The maximum atomic E-state index is 12.1. The summed E-state index contributed by atoms with van der Waals surface area (Å²) in [5, 5.41) is 3.38. The highest BCUT2D eigenvalue weighted by Gasteiger charge is 2.50. The molecular weight excluding hydrogens is 268 g/mol. The van der Waals surface area contributed by atoms with E-state index in [1.807, 2.05) is 0 Å². The predicted molar refractivity (Wildman–Crippen MR) is 81.9 cm³/mol. The number of carbonyl (C=O) groups is 1. The molecule has 3 unspecified atom stereocenters. The van der Waals surface area contributed by atoms with E-state index in [1.54, 1.807) is 7.11 Å². The van der Waals surface area contributed by atoms with Crippen molar-refractivity contribution in [2.24, 2.45) is 11.7 Å². The third-order valence-corrected chi connectivity index (χ3v) is 4.86. The van der Waals surface area contributed by atoms with Crippen molar-refractivity contribution in [1.29, 1.82) is 0 Å². The highest BCUT2D eigenvalue weighted by Crippen LogP contribution is 2.40. The van der Waals surface area contributed by atoms with Gasteiger partial charge in [-0.2, -0.15) is 0 Å². The molecule has 0 heterocycles. The number of methoxy groups -OCH3 is 1. The van der Waals surface area contributed by atoms with E-state index in [-0.39, 0.29) is 18.1 Å². The molecule has 0 bridgehead atoms. The highest BCUT2D eigenvalue weighted by molar-refractivity contribution is 5.85. The van der Waals surface area contributed by atoms with Crippen molar-refractivity contribution in [3.63, 3.8) is 0 Å². The average molecular weight is 298 g/mol. The molecule has 0 aromatic rings. The van der Waals surface area contributed by atoms with Crippen LogP contribution in [0, 0.1) is 5.92 Å². The summed E-state index contributed by atoms with van der Waals surface area (Å²) in [6, 6.07) is 0. The van der Waals surface area contributed by atoms with E-state index in [2.05, 4.69) is 12.2 Å². The molecule has 2 fully saturated rings. The lowest BCUT2D eigenvalue weighted by molar-refractivity contribution is -0.131. The number of nitrogens with two attached hydrogens (primary N) is 1. The fourth-order valence-corrected chi connectivity index (χ4v) is 3.31. The van der Waals surface area contributed by atoms with Gasteiger partial charge in [0.15, 0.2) is 0 Å². The first-order chi connectivity index (χ1) is 10.1. The van der Waals surface area contributed by atoms with Crippen LogP contribution in [0.4, 0.5) is 0 Å². The van der Waals surface area contributed by atoms with E-state index in [0.29, 0.717) is 12.5 Å². The van der Waals surface area contributed by atoms with Gasteiger partial charge in [-0.1, -0.05) is 6.92 Å². The number of primary amides is 1. The molecule has 122 valence electrons. The second-order valence-corrected chi connectivity index (χ2v) is 6.49. The molecule has 5 heteroatoms. The molecule has 0 radical (unpaired) electrons. The Balaban J connectivity index is 1.93. The van der Waals surface area contributed by atoms with Crippen LogP contribution in [0.2, 0.25) is 0 Å². The van der Waals surface area contributed by atoms with E-state index in [9.17, 15) is 4.79 Å². The maximum Gasteiger partial charge on any atom is 0.240 e. The minimum atomic E-state index is -0.671. The lowest BCUT2D eigenvalue weighted by Crippen LogP contribution is -2.61. The molecule has 0 saturated heterocycles. The number of hydrogen-bond acceptors (Lipinski definition) is 4. The van der Waals surface area contributed by atoms with Crippen molar-refractivity contribution in [3.05, 3.63) is 0 Å². The first kappa shape index (κ1) is 16.7. The van der Waals surface area contributed by atoms with Gasteiger partial charge in [0.1, 0.15) is 5.54 Å². The van der Waals surface area contributed by atoms with Crippen molar-refractivity contribution in [3.8, 4) is 0 Å². The molecule has 2 saturated carbocycles. The van der Waals surface area contributed by atoms with Crippen LogP contribution in [-0.2, 0) is 14.3 Å². The number of carbonyl (C=O) groups excluding carboxylic acids is 1. The fraction of sp³-hybridized carbons (Fsp3) is 0.938. The molecule has 0 aromatic heterocycles. The summed E-state index contributed by atoms with van der Waals surface area (Å²) in [5.41, 5.74) is 5.05. The van der Waals surface area contributed by atoms with Gasteiger partial charge in [0.25, 0.3) is 0 Å². The van der Waals surface area contributed by atoms with Crippen LogP contribution < -0.4 is 11.1 Å². The number of amides is 1. The van der Waals surface area contributed by atoms with E-state index in [4.69, 9.17) is 15.2 Å². The normalized spacial score (nSPS) is 29.0. The van der Waals surface area contributed by atoms with Crippen molar-refractivity contribution in [1.82, 2.24) is 5.32 Å². The number of hydrogen-bond donors (Lipinski definition) is 2. The third-order valence-electron chi connectivity index (χ3n) is 4.86.